The molecule has 0 spiro atoms. The zero-order chi connectivity index (χ0) is 11.5. The number of hydrogen-bond acceptors (Lipinski definition) is 2. The Balaban J connectivity index is 2.16. The largest absolute Gasteiger partial charge is 0.381 e. The van der Waals surface area contributed by atoms with E-state index in [2.05, 4.69) is 0 Å². The molecule has 1 atom stereocenters. The minimum atomic E-state index is -0.552. The predicted octanol–water partition coefficient (Wildman–Crippen LogP) is 3.09. The molecule has 1 aliphatic rings. The summed E-state index contributed by atoms with van der Waals surface area (Å²) in [6.45, 7) is 1.14. The molecule has 0 bridgehead atoms. The molecule has 2 rings (SSSR count). The summed E-state index contributed by atoms with van der Waals surface area (Å²) in [4.78, 5) is 12.0. The van der Waals surface area contributed by atoms with Crippen molar-refractivity contribution in [3.05, 3.63) is 34.6 Å². The zero-order valence-electron chi connectivity index (χ0n) is 8.71. The summed E-state index contributed by atoms with van der Waals surface area (Å²) in [6, 6.07) is 4.16. The van der Waals surface area contributed by atoms with Gasteiger partial charge in [0.15, 0.2) is 5.78 Å². The maximum atomic E-state index is 13.2. The fourth-order valence-corrected chi connectivity index (χ4v) is 1.95. The average molecular weight is 243 g/mol. The van der Waals surface area contributed by atoms with Crippen LogP contribution in [0.1, 0.15) is 23.2 Å². The minimum Gasteiger partial charge on any atom is -0.381 e. The number of carbonyl (C=O) groups excluding carboxylic acids is 1. The van der Waals surface area contributed by atoms with E-state index in [1.54, 1.807) is 6.07 Å². The van der Waals surface area contributed by atoms with Crippen molar-refractivity contribution in [1.29, 1.82) is 0 Å². The summed E-state index contributed by atoms with van der Waals surface area (Å²) in [5, 5.41) is 0.0384. The van der Waals surface area contributed by atoms with E-state index in [1.165, 1.54) is 12.1 Å². The average Bonchev–Trinajstić information content (AvgIpc) is 2.33. The van der Waals surface area contributed by atoms with Gasteiger partial charge in [-0.1, -0.05) is 11.6 Å². The van der Waals surface area contributed by atoms with Crippen molar-refractivity contribution in [2.75, 3.05) is 13.2 Å². The van der Waals surface area contributed by atoms with Gasteiger partial charge in [-0.05, 0) is 31.0 Å². The van der Waals surface area contributed by atoms with Crippen LogP contribution in [0.2, 0.25) is 5.02 Å². The highest BCUT2D eigenvalue weighted by Crippen LogP contribution is 2.22. The molecule has 0 aliphatic carbocycles. The predicted molar refractivity (Wildman–Crippen MR) is 59.3 cm³/mol. The lowest BCUT2D eigenvalue weighted by molar-refractivity contribution is 0.0461. The van der Waals surface area contributed by atoms with Gasteiger partial charge < -0.3 is 4.74 Å². The second kappa shape index (κ2) is 4.93. The number of hydrogen-bond donors (Lipinski definition) is 0. The van der Waals surface area contributed by atoms with Gasteiger partial charge in [0, 0.05) is 18.1 Å². The second-order valence-corrected chi connectivity index (χ2v) is 4.31. The van der Waals surface area contributed by atoms with Crippen LogP contribution in [0.3, 0.4) is 0 Å². The van der Waals surface area contributed by atoms with E-state index in [9.17, 15) is 9.18 Å². The van der Waals surface area contributed by atoms with E-state index in [4.69, 9.17) is 16.3 Å². The Hall–Kier alpha value is -0.930. The lowest BCUT2D eigenvalue weighted by atomic mass is 9.93. The Bertz CT molecular complexity index is 400. The van der Waals surface area contributed by atoms with Crippen LogP contribution in [0, 0.1) is 11.7 Å². The van der Waals surface area contributed by atoms with Crippen LogP contribution in [0.4, 0.5) is 4.39 Å². The van der Waals surface area contributed by atoms with Crippen molar-refractivity contribution in [3.63, 3.8) is 0 Å². The van der Waals surface area contributed by atoms with Crippen LogP contribution in [0.25, 0.3) is 0 Å². The van der Waals surface area contributed by atoms with E-state index in [0.717, 1.165) is 12.8 Å². The Kier molecular flexibility index (Phi) is 3.56. The van der Waals surface area contributed by atoms with Gasteiger partial charge in [0.2, 0.25) is 0 Å². The summed E-state index contributed by atoms with van der Waals surface area (Å²) in [5.41, 5.74) is 0.373. The summed E-state index contributed by atoms with van der Waals surface area (Å²) in [6.07, 6.45) is 1.69. The van der Waals surface area contributed by atoms with E-state index in [0.29, 0.717) is 18.8 Å². The molecule has 1 unspecified atom stereocenters. The number of benzene rings is 1. The molecule has 0 aromatic heterocycles. The van der Waals surface area contributed by atoms with Gasteiger partial charge in [0.05, 0.1) is 11.6 Å². The lowest BCUT2D eigenvalue weighted by Gasteiger charge is -2.20. The third-order valence-electron chi connectivity index (χ3n) is 2.74. The molecule has 1 aliphatic heterocycles. The first-order chi connectivity index (χ1) is 7.68. The molecule has 0 amide bonds. The van der Waals surface area contributed by atoms with Gasteiger partial charge in [-0.25, -0.2) is 4.39 Å². The maximum absolute atomic E-state index is 13.2. The lowest BCUT2D eigenvalue weighted by Crippen LogP contribution is -2.25. The third-order valence-corrected chi connectivity index (χ3v) is 3.04. The van der Waals surface area contributed by atoms with Gasteiger partial charge in [0.1, 0.15) is 5.82 Å². The van der Waals surface area contributed by atoms with Gasteiger partial charge >= 0.3 is 0 Å². The molecule has 1 fully saturated rings. The summed E-state index contributed by atoms with van der Waals surface area (Å²) >= 11 is 5.56. The highest BCUT2D eigenvalue weighted by atomic mass is 35.5. The Morgan fingerprint density at radius 2 is 2.31 bits per heavy atom. The van der Waals surface area contributed by atoms with Crippen LogP contribution in [-0.4, -0.2) is 19.0 Å². The molecular formula is C12H12ClFO2. The molecule has 1 aromatic carbocycles. The number of rotatable bonds is 2. The fourth-order valence-electron chi connectivity index (χ4n) is 1.83. The quantitative estimate of drug-likeness (QED) is 0.745. The topological polar surface area (TPSA) is 26.3 Å². The van der Waals surface area contributed by atoms with E-state index < -0.39 is 5.82 Å². The third kappa shape index (κ3) is 2.42. The van der Waals surface area contributed by atoms with Crippen molar-refractivity contribution in [1.82, 2.24) is 0 Å². The van der Waals surface area contributed by atoms with Crippen molar-refractivity contribution in [2.24, 2.45) is 5.92 Å². The molecule has 1 saturated heterocycles. The first kappa shape index (κ1) is 11.6. The Labute approximate surface area is 98.4 Å². The number of ether oxygens (including phenoxy) is 1. The Morgan fingerprint density at radius 3 is 2.94 bits per heavy atom. The molecule has 0 saturated carbocycles. The molecule has 4 heteroatoms. The SMILES string of the molecule is O=C(c1ccc(Cl)c(F)c1)C1CCCOC1. The molecule has 0 radical (unpaired) electrons. The summed E-state index contributed by atoms with van der Waals surface area (Å²) in [7, 11) is 0. The van der Waals surface area contributed by atoms with Gasteiger partial charge in [-0.15, -0.1) is 0 Å². The summed E-state index contributed by atoms with van der Waals surface area (Å²) < 4.78 is 18.4. The standard InChI is InChI=1S/C12H12ClFO2/c13-10-4-3-8(6-11(10)14)12(15)9-2-1-5-16-7-9/h3-4,6,9H,1-2,5,7H2. The zero-order valence-corrected chi connectivity index (χ0v) is 9.47. The summed E-state index contributed by atoms with van der Waals surface area (Å²) in [5.74, 6) is -0.756. The first-order valence-corrected chi connectivity index (χ1v) is 5.63. The van der Waals surface area contributed by atoms with E-state index >= 15 is 0 Å². The van der Waals surface area contributed by atoms with Crippen molar-refractivity contribution in [3.8, 4) is 0 Å². The highest BCUT2D eigenvalue weighted by molar-refractivity contribution is 6.30. The number of halogens is 2. The normalized spacial score (nSPS) is 20.8. The monoisotopic (exact) mass is 242 g/mol. The van der Waals surface area contributed by atoms with Crippen LogP contribution in [0.5, 0.6) is 0 Å². The molecule has 1 heterocycles. The molecule has 0 N–H and O–H groups in total. The first-order valence-electron chi connectivity index (χ1n) is 5.25. The fraction of sp³-hybridized carbons (Fsp3) is 0.417. The second-order valence-electron chi connectivity index (χ2n) is 3.91. The molecule has 1 aromatic rings. The Morgan fingerprint density at radius 1 is 1.50 bits per heavy atom. The highest BCUT2D eigenvalue weighted by Gasteiger charge is 2.23. The molecule has 16 heavy (non-hydrogen) atoms. The van der Waals surface area contributed by atoms with Crippen LogP contribution >= 0.6 is 11.6 Å². The van der Waals surface area contributed by atoms with Gasteiger partial charge in [-0.2, -0.15) is 0 Å². The number of Topliss-reactive ketones (excluding diaryl/α,β-unsaturated/α-hetero) is 1. The number of carbonyl (C=O) groups is 1. The van der Waals surface area contributed by atoms with Gasteiger partial charge in [0.25, 0.3) is 0 Å². The van der Waals surface area contributed by atoms with E-state index in [-0.39, 0.29) is 16.7 Å². The van der Waals surface area contributed by atoms with Crippen LogP contribution < -0.4 is 0 Å². The smallest absolute Gasteiger partial charge is 0.168 e. The van der Waals surface area contributed by atoms with E-state index in [1.807, 2.05) is 0 Å². The van der Waals surface area contributed by atoms with Gasteiger partial charge in [-0.3, -0.25) is 4.79 Å². The van der Waals surface area contributed by atoms with Crippen molar-refractivity contribution in [2.45, 2.75) is 12.8 Å². The maximum Gasteiger partial charge on any atom is 0.168 e. The minimum absolute atomic E-state index is 0.0384. The van der Waals surface area contributed by atoms with Crippen molar-refractivity contribution < 1.29 is 13.9 Å². The van der Waals surface area contributed by atoms with Crippen molar-refractivity contribution >= 4 is 17.4 Å². The van der Waals surface area contributed by atoms with Crippen LogP contribution in [0.15, 0.2) is 18.2 Å². The molecular weight excluding hydrogens is 231 g/mol. The van der Waals surface area contributed by atoms with Crippen LogP contribution in [-0.2, 0) is 4.74 Å². The number of ketones is 1. The molecule has 2 nitrogen and oxygen atoms in total. The molecule has 86 valence electrons.